The highest BCUT2D eigenvalue weighted by Crippen LogP contribution is 2.62. The lowest BCUT2D eigenvalue weighted by molar-refractivity contribution is -0.260. The highest BCUT2D eigenvalue weighted by atomic mass is 32.2. The number of aliphatic hydroxyl groups is 4. The lowest BCUT2D eigenvalue weighted by Crippen LogP contribution is -2.89. The SMILES string of the molecule is CC1=CC(=O)C2(O)C(O)(C1)CC(O)C1(SCC(N)C(=O)O)C(=O)c3c(O)cccc3C(=O)C12O. The van der Waals surface area contributed by atoms with Crippen molar-refractivity contribution >= 4 is 35.1 Å². The zero-order valence-electron chi connectivity index (χ0n) is 17.9. The molecule has 12 heteroatoms. The Labute approximate surface area is 196 Å². The number of Topliss-reactive ketones (excluding diaryl/α,β-unsaturated/α-hetero) is 2. The van der Waals surface area contributed by atoms with Crippen LogP contribution in [0.2, 0.25) is 0 Å². The third-order valence-electron chi connectivity index (χ3n) is 7.03. The Morgan fingerprint density at radius 1 is 1.18 bits per heavy atom. The number of carbonyl (C=O) groups excluding carboxylic acids is 3. The van der Waals surface area contributed by atoms with Crippen LogP contribution >= 0.6 is 11.8 Å². The van der Waals surface area contributed by atoms with Crippen molar-refractivity contribution in [1.29, 1.82) is 0 Å². The van der Waals surface area contributed by atoms with E-state index in [1.807, 2.05) is 0 Å². The van der Waals surface area contributed by atoms with Crippen molar-refractivity contribution in [2.45, 2.75) is 53.5 Å². The third-order valence-corrected chi connectivity index (χ3v) is 8.76. The van der Waals surface area contributed by atoms with Gasteiger partial charge in [0.2, 0.25) is 5.78 Å². The van der Waals surface area contributed by atoms with E-state index >= 15 is 0 Å². The fraction of sp³-hybridized carbons (Fsp3) is 0.455. The van der Waals surface area contributed by atoms with Gasteiger partial charge in [-0.05, 0) is 19.1 Å². The molecule has 0 radical (unpaired) electrons. The van der Waals surface area contributed by atoms with Gasteiger partial charge in [-0.2, -0.15) is 0 Å². The maximum absolute atomic E-state index is 13.9. The first kappa shape index (κ1) is 24.5. The number of carboxylic acids is 1. The predicted molar refractivity (Wildman–Crippen MR) is 116 cm³/mol. The molecule has 182 valence electrons. The molecule has 6 atom stereocenters. The number of ketones is 3. The van der Waals surface area contributed by atoms with Crippen LogP contribution in [0.1, 0.15) is 40.5 Å². The number of fused-ring (bicyclic) bond motifs is 4. The van der Waals surface area contributed by atoms with Crippen LogP contribution in [0, 0.1) is 0 Å². The number of carbonyl (C=O) groups is 4. The van der Waals surface area contributed by atoms with Gasteiger partial charge in [-0.25, -0.2) is 0 Å². The van der Waals surface area contributed by atoms with Gasteiger partial charge in [-0.3, -0.25) is 19.2 Å². The van der Waals surface area contributed by atoms with Crippen molar-refractivity contribution in [2.75, 3.05) is 5.75 Å². The van der Waals surface area contributed by atoms with Gasteiger partial charge in [-0.1, -0.05) is 17.7 Å². The Bertz CT molecular complexity index is 1180. The standard InChI is InChI=1S/C22H23NO10S/c1-9-5-13(25)21(32)19(31,6-9)7-14(26)20(34-8-11(23)18(29)30)17(28)15-10(3-2-4-12(15)24)16(27)22(20,21)33/h2-5,11,14,24,26,31-33H,6-8,23H2,1H3,(H,29,30). The van der Waals surface area contributed by atoms with E-state index in [0.717, 1.165) is 18.2 Å². The van der Waals surface area contributed by atoms with E-state index in [-0.39, 0.29) is 11.8 Å². The number of aliphatic carboxylic acids is 1. The zero-order valence-corrected chi connectivity index (χ0v) is 18.7. The summed E-state index contributed by atoms with van der Waals surface area (Å²) < 4.78 is -2.78. The van der Waals surface area contributed by atoms with E-state index < -0.39 is 92.5 Å². The van der Waals surface area contributed by atoms with Gasteiger partial charge in [0.25, 0.3) is 0 Å². The van der Waals surface area contributed by atoms with Gasteiger partial charge in [0, 0.05) is 24.2 Å². The fourth-order valence-electron chi connectivity index (χ4n) is 5.46. The van der Waals surface area contributed by atoms with E-state index in [1.165, 1.54) is 13.0 Å². The number of nitrogens with two attached hydrogens (primary N) is 1. The zero-order chi connectivity index (χ0) is 25.4. The van der Waals surface area contributed by atoms with Crippen LogP contribution in [-0.2, 0) is 9.59 Å². The number of aromatic hydroxyl groups is 1. The topological polar surface area (TPSA) is 216 Å². The van der Waals surface area contributed by atoms with Gasteiger partial charge >= 0.3 is 5.97 Å². The predicted octanol–water partition coefficient (Wildman–Crippen LogP) is -1.47. The van der Waals surface area contributed by atoms with Gasteiger partial charge in [-0.15, -0.1) is 11.8 Å². The quantitative estimate of drug-likeness (QED) is 0.256. The number of thioether (sulfide) groups is 1. The molecular formula is C22H23NO10S. The number of phenols is 1. The van der Waals surface area contributed by atoms with E-state index in [4.69, 9.17) is 5.73 Å². The molecule has 1 aromatic rings. The average Bonchev–Trinajstić information content (AvgIpc) is 2.74. The van der Waals surface area contributed by atoms with Crippen molar-refractivity contribution in [1.82, 2.24) is 0 Å². The Hall–Kier alpha value is -2.61. The summed E-state index contributed by atoms with van der Waals surface area (Å²) in [6, 6.07) is 1.76. The molecule has 6 unspecified atom stereocenters. The molecule has 0 aromatic heterocycles. The van der Waals surface area contributed by atoms with Gasteiger partial charge in [0.1, 0.15) is 22.1 Å². The summed E-state index contributed by atoms with van der Waals surface area (Å²) in [5, 5.41) is 66.0. The summed E-state index contributed by atoms with van der Waals surface area (Å²) in [5.74, 6) is -6.65. The number of rotatable bonds is 4. The van der Waals surface area contributed by atoms with E-state index in [2.05, 4.69) is 0 Å². The summed E-state index contributed by atoms with van der Waals surface area (Å²) >= 11 is 0.281. The second kappa shape index (κ2) is 7.44. The average molecular weight is 493 g/mol. The first-order valence-electron chi connectivity index (χ1n) is 10.3. The molecule has 1 aromatic carbocycles. The van der Waals surface area contributed by atoms with Crippen LogP contribution in [0.4, 0.5) is 0 Å². The first-order valence-corrected chi connectivity index (χ1v) is 11.3. The Balaban J connectivity index is 2.08. The normalized spacial score (nSPS) is 37.9. The third kappa shape index (κ3) is 2.66. The second-order valence-corrected chi connectivity index (χ2v) is 10.3. The molecule has 1 saturated carbocycles. The molecule has 0 saturated heterocycles. The molecule has 0 bridgehead atoms. The molecule has 4 rings (SSSR count). The second-order valence-electron chi connectivity index (χ2n) is 9.05. The molecule has 0 spiro atoms. The van der Waals surface area contributed by atoms with Crippen LogP contribution in [-0.4, -0.2) is 93.4 Å². The number of benzene rings is 1. The van der Waals surface area contributed by atoms with Crippen LogP contribution in [0.25, 0.3) is 0 Å². The molecule has 0 amide bonds. The number of hydrogen-bond acceptors (Lipinski definition) is 11. The summed E-state index contributed by atoms with van der Waals surface area (Å²) in [6.07, 6.45) is -2.35. The largest absolute Gasteiger partial charge is 0.507 e. The van der Waals surface area contributed by atoms with E-state index in [9.17, 15) is 49.8 Å². The number of carboxylic acid groups (broad SMARTS) is 1. The van der Waals surface area contributed by atoms with Crippen molar-refractivity contribution in [3.05, 3.63) is 41.0 Å². The summed E-state index contributed by atoms with van der Waals surface area (Å²) in [7, 11) is 0. The van der Waals surface area contributed by atoms with E-state index in [0.29, 0.717) is 5.57 Å². The van der Waals surface area contributed by atoms with Gasteiger partial charge in [0.05, 0.1) is 11.7 Å². The summed E-state index contributed by atoms with van der Waals surface area (Å²) in [4.78, 5) is 52.2. The molecule has 3 aliphatic rings. The molecule has 8 N–H and O–H groups in total. The number of aliphatic hydroxyl groups excluding tert-OH is 1. The minimum atomic E-state index is -3.44. The number of hydrogen-bond donors (Lipinski definition) is 7. The van der Waals surface area contributed by atoms with Crippen LogP contribution in [0.3, 0.4) is 0 Å². The van der Waals surface area contributed by atoms with Gasteiger partial charge in [0.15, 0.2) is 22.8 Å². The van der Waals surface area contributed by atoms with Crippen LogP contribution in [0.5, 0.6) is 5.75 Å². The van der Waals surface area contributed by atoms with Crippen LogP contribution in [0.15, 0.2) is 29.8 Å². The molecular weight excluding hydrogens is 470 g/mol. The van der Waals surface area contributed by atoms with E-state index in [1.54, 1.807) is 0 Å². The Morgan fingerprint density at radius 2 is 1.82 bits per heavy atom. The van der Waals surface area contributed by atoms with Crippen molar-refractivity contribution in [3.63, 3.8) is 0 Å². The first-order chi connectivity index (χ1) is 15.7. The Kier molecular flexibility index (Phi) is 5.37. The fourth-order valence-corrected chi connectivity index (χ4v) is 7.01. The maximum atomic E-state index is 13.9. The lowest BCUT2D eigenvalue weighted by Gasteiger charge is -2.64. The maximum Gasteiger partial charge on any atom is 0.321 e. The number of phenolic OH excluding ortho intramolecular Hbond substituents is 1. The molecule has 0 aliphatic heterocycles. The molecule has 0 heterocycles. The minimum absolute atomic E-state index is 0.281. The summed E-state index contributed by atoms with van der Waals surface area (Å²) in [6.45, 7) is 1.47. The molecule has 11 nitrogen and oxygen atoms in total. The summed E-state index contributed by atoms with van der Waals surface area (Å²) in [5.41, 5.74) is -4.51. The monoisotopic (exact) mass is 493 g/mol. The van der Waals surface area contributed by atoms with Crippen molar-refractivity contribution in [2.24, 2.45) is 5.73 Å². The lowest BCUT2D eigenvalue weighted by atomic mass is 9.48. The molecule has 1 fully saturated rings. The van der Waals surface area contributed by atoms with Crippen molar-refractivity contribution < 1.29 is 49.8 Å². The minimum Gasteiger partial charge on any atom is -0.507 e. The smallest absolute Gasteiger partial charge is 0.321 e. The van der Waals surface area contributed by atoms with Crippen LogP contribution < -0.4 is 5.73 Å². The Morgan fingerprint density at radius 3 is 2.44 bits per heavy atom. The molecule has 3 aliphatic carbocycles. The van der Waals surface area contributed by atoms with Gasteiger partial charge < -0.3 is 36.4 Å². The highest BCUT2D eigenvalue weighted by molar-refractivity contribution is 8.01. The highest BCUT2D eigenvalue weighted by Gasteiger charge is 2.85. The molecule has 34 heavy (non-hydrogen) atoms. The van der Waals surface area contributed by atoms with Crippen molar-refractivity contribution in [3.8, 4) is 5.75 Å².